The summed E-state index contributed by atoms with van der Waals surface area (Å²) in [6.07, 6.45) is 1.60. The summed E-state index contributed by atoms with van der Waals surface area (Å²) in [5.41, 5.74) is -0.990. The number of hydrogen-bond donors (Lipinski definition) is 0. The van der Waals surface area contributed by atoms with Gasteiger partial charge in [0.25, 0.3) is 0 Å². The quantitative estimate of drug-likeness (QED) is 0.678. The van der Waals surface area contributed by atoms with Crippen molar-refractivity contribution in [2.45, 2.75) is 91.7 Å². The van der Waals surface area contributed by atoms with Crippen LogP contribution in [0.2, 0.25) is 0 Å². The lowest BCUT2D eigenvalue weighted by Crippen LogP contribution is -2.57. The monoisotopic (exact) mass is 387 g/mol. The van der Waals surface area contributed by atoms with Gasteiger partial charge < -0.3 is 9.47 Å². The van der Waals surface area contributed by atoms with Crippen LogP contribution in [0, 0.1) is 16.7 Å². The summed E-state index contributed by atoms with van der Waals surface area (Å²) in [5.74, 6) is -1.24. The molecule has 1 saturated heterocycles. The topological polar surface area (TPSA) is 72.9 Å². The molecule has 7 heteroatoms. The smallest absolute Gasteiger partial charge is 0.337 e. The van der Waals surface area contributed by atoms with E-state index in [9.17, 15) is 13.2 Å². The highest BCUT2D eigenvalue weighted by atomic mass is 32.2. The zero-order valence-corrected chi connectivity index (χ0v) is 17.9. The maximum absolute atomic E-state index is 13.5. The molecule has 0 amide bonds. The fourth-order valence-electron chi connectivity index (χ4n) is 5.95. The van der Waals surface area contributed by atoms with Gasteiger partial charge in [0, 0.05) is 18.5 Å². The Labute approximate surface area is 157 Å². The van der Waals surface area contributed by atoms with Gasteiger partial charge in [-0.05, 0) is 58.8 Å². The van der Waals surface area contributed by atoms with E-state index < -0.39 is 27.3 Å². The van der Waals surface area contributed by atoms with Crippen LogP contribution in [0.1, 0.15) is 67.7 Å². The Morgan fingerprint density at radius 3 is 2.19 bits per heavy atom. The molecule has 0 aromatic rings. The van der Waals surface area contributed by atoms with Crippen molar-refractivity contribution in [1.82, 2.24) is 4.31 Å². The molecule has 1 heterocycles. The maximum atomic E-state index is 13.5. The van der Waals surface area contributed by atoms with Crippen LogP contribution in [0.5, 0.6) is 0 Å². The summed E-state index contributed by atoms with van der Waals surface area (Å²) >= 11 is 0. The Bertz CT molecular complexity index is 693. The van der Waals surface area contributed by atoms with Crippen molar-refractivity contribution in [2.24, 2.45) is 16.7 Å². The molecule has 2 aliphatic carbocycles. The fourth-order valence-corrected chi connectivity index (χ4v) is 8.74. The normalized spacial score (nSPS) is 38.9. The molecule has 3 fully saturated rings. The van der Waals surface area contributed by atoms with Gasteiger partial charge >= 0.3 is 5.97 Å². The standard InChI is InChI=1S/C19H33NO5S/c1-12(2)20(13(3)4)26(22,23)11-18-9-8-15(17(18,6)7)10-19(18)24-14(5)16(21)25-19/h12-15H,8-11H2,1-7H3/t14-,15?,18?,19?/m1/s1. The largest absolute Gasteiger partial charge is 0.430 e. The molecular weight excluding hydrogens is 354 g/mol. The molecular formula is C19H33NO5S. The first-order valence-corrected chi connectivity index (χ1v) is 11.3. The molecule has 1 aliphatic heterocycles. The third-order valence-corrected chi connectivity index (χ3v) is 9.49. The minimum absolute atomic E-state index is 0.0418. The highest BCUT2D eigenvalue weighted by Gasteiger charge is 2.77. The highest BCUT2D eigenvalue weighted by Crippen LogP contribution is 2.72. The molecule has 3 unspecified atom stereocenters. The molecule has 26 heavy (non-hydrogen) atoms. The number of sulfonamides is 1. The molecule has 0 aromatic carbocycles. The predicted molar refractivity (Wildman–Crippen MR) is 98.8 cm³/mol. The van der Waals surface area contributed by atoms with Gasteiger partial charge in [0.1, 0.15) is 0 Å². The number of rotatable bonds is 5. The average Bonchev–Trinajstić information content (AvgIpc) is 2.92. The van der Waals surface area contributed by atoms with Gasteiger partial charge in [-0.2, -0.15) is 4.31 Å². The van der Waals surface area contributed by atoms with E-state index in [2.05, 4.69) is 13.8 Å². The first-order valence-electron chi connectivity index (χ1n) is 9.71. The van der Waals surface area contributed by atoms with Gasteiger partial charge in [0.2, 0.25) is 15.8 Å². The van der Waals surface area contributed by atoms with Crippen LogP contribution in [0.3, 0.4) is 0 Å². The second kappa shape index (κ2) is 5.92. The van der Waals surface area contributed by atoms with Gasteiger partial charge in [0.15, 0.2) is 6.10 Å². The number of ether oxygens (including phenoxy) is 2. The Morgan fingerprint density at radius 1 is 1.19 bits per heavy atom. The number of esters is 1. The van der Waals surface area contributed by atoms with E-state index in [0.29, 0.717) is 18.8 Å². The van der Waals surface area contributed by atoms with Crippen LogP contribution in [0.15, 0.2) is 0 Å². The van der Waals surface area contributed by atoms with Crippen LogP contribution in [0.4, 0.5) is 0 Å². The lowest BCUT2D eigenvalue weighted by Gasteiger charge is -2.47. The van der Waals surface area contributed by atoms with Crippen LogP contribution < -0.4 is 0 Å². The summed E-state index contributed by atoms with van der Waals surface area (Å²) in [6.45, 7) is 13.5. The Balaban J connectivity index is 2.06. The minimum atomic E-state index is -3.56. The molecule has 0 radical (unpaired) electrons. The van der Waals surface area contributed by atoms with E-state index in [4.69, 9.17) is 9.47 Å². The first-order chi connectivity index (χ1) is 11.8. The lowest BCUT2D eigenvalue weighted by atomic mass is 9.68. The summed E-state index contributed by atoms with van der Waals surface area (Å²) in [5, 5.41) is 0. The van der Waals surface area contributed by atoms with Crippen molar-refractivity contribution in [3.05, 3.63) is 0 Å². The van der Waals surface area contributed by atoms with E-state index in [-0.39, 0.29) is 29.2 Å². The molecule has 4 atom stereocenters. The highest BCUT2D eigenvalue weighted by molar-refractivity contribution is 7.89. The molecule has 0 N–H and O–H groups in total. The van der Waals surface area contributed by atoms with Crippen molar-refractivity contribution in [1.29, 1.82) is 0 Å². The number of carbonyl (C=O) groups is 1. The molecule has 0 aromatic heterocycles. The van der Waals surface area contributed by atoms with Gasteiger partial charge in [-0.25, -0.2) is 13.2 Å². The molecule has 3 rings (SSSR count). The number of carbonyl (C=O) groups excluding carboxylic acids is 1. The predicted octanol–water partition coefficient (Wildman–Crippen LogP) is 2.92. The molecule has 2 bridgehead atoms. The lowest BCUT2D eigenvalue weighted by molar-refractivity contribution is -0.240. The van der Waals surface area contributed by atoms with E-state index >= 15 is 0 Å². The number of fused-ring (bicyclic) bond motifs is 3. The van der Waals surface area contributed by atoms with E-state index in [1.165, 1.54) is 0 Å². The zero-order chi connectivity index (χ0) is 19.7. The summed E-state index contributed by atoms with van der Waals surface area (Å²) in [6, 6.07) is -0.250. The van der Waals surface area contributed by atoms with Crippen molar-refractivity contribution in [3.8, 4) is 0 Å². The van der Waals surface area contributed by atoms with Crippen molar-refractivity contribution >= 4 is 16.0 Å². The third kappa shape index (κ3) is 2.49. The van der Waals surface area contributed by atoms with E-state index in [1.54, 1.807) is 11.2 Å². The van der Waals surface area contributed by atoms with Gasteiger partial charge in [0.05, 0.1) is 11.2 Å². The molecule has 150 valence electrons. The van der Waals surface area contributed by atoms with E-state index in [1.807, 2.05) is 27.7 Å². The SMILES string of the molecule is CC(C)N(C(C)C)S(=O)(=O)CC12CCC(CC13OC(=O)[C@@H](C)O3)C2(C)C. The second-order valence-corrected chi connectivity index (χ2v) is 11.3. The Morgan fingerprint density at radius 2 is 1.77 bits per heavy atom. The van der Waals surface area contributed by atoms with Crippen molar-refractivity contribution in [3.63, 3.8) is 0 Å². The number of nitrogens with zero attached hydrogens (tertiary/aromatic N) is 1. The molecule has 1 spiro atoms. The zero-order valence-electron chi connectivity index (χ0n) is 17.0. The van der Waals surface area contributed by atoms with Gasteiger partial charge in [-0.1, -0.05) is 13.8 Å². The number of hydrogen-bond acceptors (Lipinski definition) is 5. The third-order valence-electron chi connectivity index (χ3n) is 7.15. The van der Waals surface area contributed by atoms with Gasteiger partial charge in [-0.15, -0.1) is 0 Å². The Hall–Kier alpha value is -0.660. The van der Waals surface area contributed by atoms with Crippen LogP contribution in [0.25, 0.3) is 0 Å². The van der Waals surface area contributed by atoms with Crippen LogP contribution >= 0.6 is 0 Å². The molecule has 6 nitrogen and oxygen atoms in total. The second-order valence-electron chi connectivity index (χ2n) is 9.45. The average molecular weight is 388 g/mol. The molecule has 2 saturated carbocycles. The first kappa shape index (κ1) is 20.1. The fraction of sp³-hybridized carbons (Fsp3) is 0.947. The van der Waals surface area contributed by atoms with Crippen LogP contribution in [-0.4, -0.2) is 48.4 Å². The summed E-state index contributed by atoms with van der Waals surface area (Å²) in [7, 11) is -3.56. The minimum Gasteiger partial charge on any atom is -0.430 e. The summed E-state index contributed by atoms with van der Waals surface area (Å²) in [4.78, 5) is 12.2. The van der Waals surface area contributed by atoms with Crippen molar-refractivity contribution < 1.29 is 22.7 Å². The van der Waals surface area contributed by atoms with Crippen molar-refractivity contribution in [2.75, 3.05) is 5.75 Å². The molecule has 3 aliphatic rings. The van der Waals surface area contributed by atoms with Crippen LogP contribution in [-0.2, 0) is 24.3 Å². The van der Waals surface area contributed by atoms with Gasteiger partial charge in [-0.3, -0.25) is 0 Å². The summed E-state index contributed by atoms with van der Waals surface area (Å²) < 4.78 is 40.4. The van der Waals surface area contributed by atoms with E-state index in [0.717, 1.165) is 6.42 Å². The Kier molecular flexibility index (Phi) is 4.57. The maximum Gasteiger partial charge on any atom is 0.337 e.